The maximum absolute atomic E-state index is 12.5. The van der Waals surface area contributed by atoms with Gasteiger partial charge in [0.2, 0.25) is 5.91 Å². The Hall–Kier alpha value is -1.65. The van der Waals surface area contributed by atoms with Crippen LogP contribution in [0.25, 0.3) is 0 Å². The number of halogens is 1. The number of amides is 1. The summed E-state index contributed by atoms with van der Waals surface area (Å²) in [6.45, 7) is 2.25. The molecule has 0 bridgehead atoms. The van der Waals surface area contributed by atoms with Crippen LogP contribution in [0.15, 0.2) is 42.5 Å². The van der Waals surface area contributed by atoms with Crippen molar-refractivity contribution in [2.45, 2.75) is 44.4 Å². The van der Waals surface area contributed by atoms with Crippen LogP contribution in [0.3, 0.4) is 0 Å². The summed E-state index contributed by atoms with van der Waals surface area (Å²) in [7, 11) is 0. The first kappa shape index (κ1) is 17.7. The minimum absolute atomic E-state index is 0.284. The normalized spacial score (nSPS) is 21.9. The predicted octanol–water partition coefficient (Wildman–Crippen LogP) is 5.68. The molecule has 2 aliphatic rings. The Morgan fingerprint density at radius 3 is 2.65 bits per heavy atom. The number of hydrogen-bond acceptors (Lipinski definition) is 3. The Labute approximate surface area is 164 Å². The summed E-state index contributed by atoms with van der Waals surface area (Å²) in [6.07, 6.45) is 3.81. The SMILES string of the molecule is CC1CCC1N1C(=O)CCc2cc(NSCc3ccc(Cl)cc3)ccc21. The van der Waals surface area contributed by atoms with Crippen LogP contribution in [0.1, 0.15) is 37.3 Å². The fraction of sp³-hybridized carbons (Fsp3) is 0.381. The fourth-order valence-electron chi connectivity index (χ4n) is 3.76. The highest BCUT2D eigenvalue weighted by Gasteiger charge is 2.38. The van der Waals surface area contributed by atoms with Gasteiger partial charge < -0.3 is 9.62 Å². The van der Waals surface area contributed by atoms with Gasteiger partial charge in [-0.05, 0) is 78.6 Å². The molecule has 0 radical (unpaired) electrons. The highest BCUT2D eigenvalue weighted by atomic mass is 35.5. The molecule has 5 heteroatoms. The third kappa shape index (κ3) is 3.58. The number of carbonyl (C=O) groups is 1. The zero-order valence-electron chi connectivity index (χ0n) is 14.9. The molecule has 1 N–H and O–H groups in total. The second-order valence-corrected chi connectivity index (χ2v) is 8.46. The van der Waals surface area contributed by atoms with Gasteiger partial charge in [-0.1, -0.05) is 30.7 Å². The summed E-state index contributed by atoms with van der Waals surface area (Å²) in [4.78, 5) is 14.5. The van der Waals surface area contributed by atoms with Gasteiger partial charge in [0, 0.05) is 34.6 Å². The fourth-order valence-corrected chi connectivity index (χ4v) is 4.61. The summed E-state index contributed by atoms with van der Waals surface area (Å²) < 4.78 is 3.43. The molecule has 0 aromatic heterocycles. The lowest BCUT2D eigenvalue weighted by atomic mass is 9.78. The molecule has 0 saturated heterocycles. The van der Waals surface area contributed by atoms with Crippen molar-refractivity contribution < 1.29 is 4.79 Å². The van der Waals surface area contributed by atoms with Crippen LogP contribution in [0, 0.1) is 5.92 Å². The molecule has 1 amide bonds. The Bertz CT molecular complexity index is 808. The molecule has 1 aliphatic carbocycles. The first-order valence-electron chi connectivity index (χ1n) is 9.19. The van der Waals surface area contributed by atoms with E-state index in [0.29, 0.717) is 18.4 Å². The number of carbonyl (C=O) groups excluding carboxylic acids is 1. The van der Waals surface area contributed by atoms with E-state index in [1.165, 1.54) is 17.5 Å². The van der Waals surface area contributed by atoms with Gasteiger partial charge in [0.15, 0.2) is 0 Å². The molecule has 1 heterocycles. The largest absolute Gasteiger partial charge is 0.329 e. The van der Waals surface area contributed by atoms with Crippen LogP contribution in [0.5, 0.6) is 0 Å². The number of anilines is 2. The van der Waals surface area contributed by atoms with Crippen molar-refractivity contribution in [3.63, 3.8) is 0 Å². The molecule has 2 unspecified atom stereocenters. The lowest BCUT2D eigenvalue weighted by molar-refractivity contribution is -0.120. The molecule has 136 valence electrons. The van der Waals surface area contributed by atoms with E-state index in [-0.39, 0.29) is 5.91 Å². The number of fused-ring (bicyclic) bond motifs is 1. The molecule has 1 saturated carbocycles. The van der Waals surface area contributed by atoms with E-state index in [0.717, 1.165) is 35.0 Å². The van der Waals surface area contributed by atoms with Gasteiger partial charge in [0.25, 0.3) is 0 Å². The number of nitrogens with zero attached hydrogens (tertiary/aromatic N) is 1. The average Bonchev–Trinajstić information content (AvgIpc) is 2.64. The molecule has 2 atom stereocenters. The third-order valence-corrected chi connectivity index (χ3v) is 6.57. The molecule has 0 spiro atoms. The van der Waals surface area contributed by atoms with Crippen LogP contribution in [-0.2, 0) is 17.0 Å². The molecule has 3 nitrogen and oxygen atoms in total. The van der Waals surface area contributed by atoms with E-state index < -0.39 is 0 Å². The van der Waals surface area contributed by atoms with Crippen LogP contribution >= 0.6 is 23.5 Å². The predicted molar refractivity (Wildman–Crippen MR) is 111 cm³/mol. The quantitative estimate of drug-likeness (QED) is 0.671. The minimum atomic E-state index is 0.284. The van der Waals surface area contributed by atoms with Crippen molar-refractivity contribution in [2.24, 2.45) is 5.92 Å². The van der Waals surface area contributed by atoms with Crippen molar-refractivity contribution in [1.29, 1.82) is 0 Å². The Kier molecular flexibility index (Phi) is 5.14. The van der Waals surface area contributed by atoms with E-state index in [1.807, 2.05) is 24.3 Å². The maximum Gasteiger partial charge on any atom is 0.227 e. The molecule has 1 fully saturated rings. The molecule has 2 aromatic carbocycles. The van der Waals surface area contributed by atoms with Crippen molar-refractivity contribution in [3.8, 4) is 0 Å². The van der Waals surface area contributed by atoms with Crippen molar-refractivity contribution in [1.82, 2.24) is 0 Å². The summed E-state index contributed by atoms with van der Waals surface area (Å²) in [5.41, 5.74) is 4.73. The zero-order chi connectivity index (χ0) is 18.1. The smallest absolute Gasteiger partial charge is 0.227 e. The third-order valence-electron chi connectivity index (χ3n) is 5.46. The van der Waals surface area contributed by atoms with Gasteiger partial charge in [0.05, 0.1) is 0 Å². The Balaban J connectivity index is 1.43. The molecular formula is C21H23ClN2OS. The van der Waals surface area contributed by atoms with E-state index in [9.17, 15) is 4.79 Å². The van der Waals surface area contributed by atoms with Gasteiger partial charge in [0.1, 0.15) is 0 Å². The first-order chi connectivity index (χ1) is 12.6. The summed E-state index contributed by atoms with van der Waals surface area (Å²) in [5, 5.41) is 0.765. The van der Waals surface area contributed by atoms with E-state index >= 15 is 0 Å². The van der Waals surface area contributed by atoms with Crippen LogP contribution in [0.2, 0.25) is 5.02 Å². The van der Waals surface area contributed by atoms with Gasteiger partial charge in [-0.3, -0.25) is 4.79 Å². The van der Waals surface area contributed by atoms with Crippen LogP contribution in [0.4, 0.5) is 11.4 Å². The molecule has 26 heavy (non-hydrogen) atoms. The van der Waals surface area contributed by atoms with E-state index in [2.05, 4.69) is 34.7 Å². The van der Waals surface area contributed by atoms with Crippen LogP contribution in [-0.4, -0.2) is 11.9 Å². The second kappa shape index (κ2) is 7.53. The van der Waals surface area contributed by atoms with E-state index in [1.54, 1.807) is 11.9 Å². The van der Waals surface area contributed by atoms with Gasteiger partial charge >= 0.3 is 0 Å². The molecule has 2 aromatic rings. The van der Waals surface area contributed by atoms with Crippen molar-refractivity contribution in [2.75, 3.05) is 9.62 Å². The van der Waals surface area contributed by atoms with Gasteiger partial charge in [-0.15, -0.1) is 0 Å². The van der Waals surface area contributed by atoms with Crippen molar-refractivity contribution in [3.05, 3.63) is 58.6 Å². The number of hydrogen-bond donors (Lipinski definition) is 1. The maximum atomic E-state index is 12.5. The summed E-state index contributed by atoms with van der Waals surface area (Å²) >= 11 is 7.59. The Morgan fingerprint density at radius 1 is 1.15 bits per heavy atom. The van der Waals surface area contributed by atoms with Crippen LogP contribution < -0.4 is 9.62 Å². The zero-order valence-corrected chi connectivity index (χ0v) is 16.4. The minimum Gasteiger partial charge on any atom is -0.329 e. The second-order valence-electron chi connectivity index (χ2n) is 7.25. The number of rotatable bonds is 5. The number of benzene rings is 2. The highest BCUT2D eigenvalue weighted by molar-refractivity contribution is 7.99. The standard InChI is InChI=1S/C21H23ClN2OS/c1-14-2-9-19(14)24-20-10-8-18(12-16(20)5-11-21(24)25)23-26-13-15-3-6-17(22)7-4-15/h3-4,6-8,10,12,14,19,23H,2,5,9,11,13H2,1H3. The average molecular weight is 387 g/mol. The van der Waals surface area contributed by atoms with Gasteiger partial charge in [-0.25, -0.2) is 0 Å². The molecule has 1 aliphatic heterocycles. The lowest BCUT2D eigenvalue weighted by Gasteiger charge is -2.45. The molecule has 4 rings (SSSR count). The van der Waals surface area contributed by atoms with Gasteiger partial charge in [-0.2, -0.15) is 0 Å². The number of aryl methyl sites for hydroxylation is 1. The summed E-state index contributed by atoms with van der Waals surface area (Å²) in [5.74, 6) is 1.77. The lowest BCUT2D eigenvalue weighted by Crippen LogP contribution is -2.51. The Morgan fingerprint density at radius 2 is 1.96 bits per heavy atom. The van der Waals surface area contributed by atoms with E-state index in [4.69, 9.17) is 11.6 Å². The molecular weight excluding hydrogens is 364 g/mol. The highest BCUT2D eigenvalue weighted by Crippen LogP contribution is 2.40. The topological polar surface area (TPSA) is 32.3 Å². The monoisotopic (exact) mass is 386 g/mol. The summed E-state index contributed by atoms with van der Waals surface area (Å²) in [6, 6.07) is 14.7. The van der Waals surface area contributed by atoms with Crippen molar-refractivity contribution >= 4 is 40.8 Å². The number of nitrogens with one attached hydrogen (secondary N) is 1. The first-order valence-corrected chi connectivity index (χ1v) is 10.6.